The Bertz CT molecular complexity index is 713. The molecule has 5 heteroatoms. The summed E-state index contributed by atoms with van der Waals surface area (Å²) in [6.07, 6.45) is 6.46. The molecule has 0 bridgehead atoms. The van der Waals surface area contributed by atoms with Gasteiger partial charge in [-0.25, -0.2) is 4.98 Å². The molecule has 1 unspecified atom stereocenters. The molecule has 5 nitrogen and oxygen atoms in total. The van der Waals surface area contributed by atoms with Crippen LogP contribution in [0, 0.1) is 0 Å². The van der Waals surface area contributed by atoms with Crippen molar-refractivity contribution in [2.24, 2.45) is 0 Å². The molecule has 3 aromatic rings. The molecule has 3 rings (SSSR count). The third-order valence-corrected chi connectivity index (χ3v) is 3.46. The molecule has 0 amide bonds. The molecule has 2 heterocycles. The van der Waals surface area contributed by atoms with Crippen LogP contribution in [0.15, 0.2) is 67.3 Å². The van der Waals surface area contributed by atoms with Gasteiger partial charge < -0.3 is 14.4 Å². The van der Waals surface area contributed by atoms with Gasteiger partial charge in [-0.2, -0.15) is 0 Å². The second-order valence-corrected chi connectivity index (χ2v) is 5.30. The summed E-state index contributed by atoms with van der Waals surface area (Å²) in [6.45, 7) is 1.20. The third kappa shape index (κ3) is 4.25. The number of hydrogen-bond acceptors (Lipinski definition) is 4. The van der Waals surface area contributed by atoms with Crippen LogP contribution in [-0.4, -0.2) is 32.4 Å². The van der Waals surface area contributed by atoms with Crippen molar-refractivity contribution in [1.29, 1.82) is 0 Å². The minimum atomic E-state index is -0.594. The molecule has 2 aromatic heterocycles. The van der Waals surface area contributed by atoms with Gasteiger partial charge in [0.15, 0.2) is 0 Å². The zero-order valence-electron chi connectivity index (χ0n) is 12.7. The first-order valence-corrected chi connectivity index (χ1v) is 7.54. The van der Waals surface area contributed by atoms with E-state index in [0.717, 1.165) is 17.0 Å². The van der Waals surface area contributed by atoms with Crippen LogP contribution in [0.1, 0.15) is 5.56 Å². The Kier molecular flexibility index (Phi) is 5.13. The Labute approximate surface area is 135 Å². The van der Waals surface area contributed by atoms with Crippen LogP contribution < -0.4 is 0 Å². The minimum Gasteiger partial charge on any atom is -0.389 e. The van der Waals surface area contributed by atoms with Crippen molar-refractivity contribution in [3.8, 4) is 11.4 Å². The van der Waals surface area contributed by atoms with Gasteiger partial charge in [-0.1, -0.05) is 30.3 Å². The summed E-state index contributed by atoms with van der Waals surface area (Å²) >= 11 is 0. The van der Waals surface area contributed by atoms with E-state index in [1.165, 1.54) is 0 Å². The highest BCUT2D eigenvalue weighted by Gasteiger charge is 2.11. The van der Waals surface area contributed by atoms with Crippen molar-refractivity contribution in [2.75, 3.05) is 6.61 Å². The minimum absolute atomic E-state index is 0.277. The number of aliphatic hydroxyl groups is 1. The van der Waals surface area contributed by atoms with E-state index >= 15 is 0 Å². The molecule has 0 radical (unpaired) electrons. The van der Waals surface area contributed by atoms with Gasteiger partial charge in [-0.3, -0.25) is 4.98 Å². The summed E-state index contributed by atoms with van der Waals surface area (Å²) in [5.41, 5.74) is 2.02. The van der Waals surface area contributed by atoms with Crippen molar-refractivity contribution in [2.45, 2.75) is 19.3 Å². The van der Waals surface area contributed by atoms with E-state index < -0.39 is 6.10 Å². The highest BCUT2D eigenvalue weighted by Crippen LogP contribution is 2.16. The normalized spacial score (nSPS) is 12.2. The highest BCUT2D eigenvalue weighted by molar-refractivity contribution is 5.53. The van der Waals surface area contributed by atoms with E-state index in [1.807, 2.05) is 53.2 Å². The van der Waals surface area contributed by atoms with E-state index in [4.69, 9.17) is 4.74 Å². The molecule has 1 N–H and O–H groups in total. The lowest BCUT2D eigenvalue weighted by molar-refractivity contribution is 0.0206. The molecular weight excluding hydrogens is 290 g/mol. The van der Waals surface area contributed by atoms with Crippen molar-refractivity contribution in [1.82, 2.24) is 14.5 Å². The maximum atomic E-state index is 10.2. The van der Waals surface area contributed by atoms with E-state index in [9.17, 15) is 5.11 Å². The van der Waals surface area contributed by atoms with Crippen molar-refractivity contribution in [3.05, 3.63) is 72.8 Å². The number of ether oxygens (including phenoxy) is 1. The SMILES string of the molecule is OC(COCc1ccccc1)Cn1ccnc1-c1cccnc1. The van der Waals surface area contributed by atoms with Gasteiger partial charge in [-0.05, 0) is 17.7 Å². The van der Waals surface area contributed by atoms with Gasteiger partial charge in [-0.15, -0.1) is 0 Å². The Morgan fingerprint density at radius 2 is 1.96 bits per heavy atom. The molecule has 118 valence electrons. The van der Waals surface area contributed by atoms with Gasteiger partial charge >= 0.3 is 0 Å². The molecule has 1 atom stereocenters. The summed E-state index contributed by atoms with van der Waals surface area (Å²) in [4.78, 5) is 8.44. The van der Waals surface area contributed by atoms with Crippen LogP contribution in [0.5, 0.6) is 0 Å². The lowest BCUT2D eigenvalue weighted by Crippen LogP contribution is -2.22. The molecule has 23 heavy (non-hydrogen) atoms. The maximum absolute atomic E-state index is 10.2. The van der Waals surface area contributed by atoms with Crippen LogP contribution in [0.3, 0.4) is 0 Å². The van der Waals surface area contributed by atoms with Crippen LogP contribution in [0.4, 0.5) is 0 Å². The Morgan fingerprint density at radius 3 is 2.74 bits per heavy atom. The van der Waals surface area contributed by atoms with Gasteiger partial charge in [0.25, 0.3) is 0 Å². The molecule has 0 aliphatic carbocycles. The number of hydrogen-bond donors (Lipinski definition) is 1. The van der Waals surface area contributed by atoms with Gasteiger partial charge in [0.2, 0.25) is 0 Å². The fourth-order valence-electron chi connectivity index (χ4n) is 2.38. The van der Waals surface area contributed by atoms with Crippen LogP contribution in [0.25, 0.3) is 11.4 Å². The van der Waals surface area contributed by atoms with Crippen LogP contribution in [0.2, 0.25) is 0 Å². The molecule has 0 aliphatic heterocycles. The number of aromatic nitrogens is 3. The zero-order chi connectivity index (χ0) is 15.9. The number of aliphatic hydroxyl groups excluding tert-OH is 1. The van der Waals surface area contributed by atoms with Gasteiger partial charge in [0.1, 0.15) is 5.82 Å². The second kappa shape index (κ2) is 7.67. The first-order chi connectivity index (χ1) is 11.3. The molecule has 1 aromatic carbocycles. The fraction of sp³-hybridized carbons (Fsp3) is 0.222. The van der Waals surface area contributed by atoms with Crippen molar-refractivity contribution in [3.63, 3.8) is 0 Å². The Balaban J connectivity index is 1.54. The quantitative estimate of drug-likeness (QED) is 0.728. The fourth-order valence-corrected chi connectivity index (χ4v) is 2.38. The Morgan fingerprint density at radius 1 is 1.09 bits per heavy atom. The Hall–Kier alpha value is -2.50. The summed E-state index contributed by atoms with van der Waals surface area (Å²) in [5, 5.41) is 10.2. The molecule has 0 saturated carbocycles. The van der Waals surface area contributed by atoms with Crippen molar-refractivity contribution < 1.29 is 9.84 Å². The molecule has 0 spiro atoms. The summed E-state index contributed by atoms with van der Waals surface area (Å²) < 4.78 is 7.49. The van der Waals surface area contributed by atoms with E-state index in [0.29, 0.717) is 13.2 Å². The first-order valence-electron chi connectivity index (χ1n) is 7.54. The first kappa shape index (κ1) is 15.4. The highest BCUT2D eigenvalue weighted by atomic mass is 16.5. The number of nitrogens with zero attached hydrogens (tertiary/aromatic N) is 3. The topological polar surface area (TPSA) is 60.2 Å². The molecular formula is C18H19N3O2. The van der Waals surface area contributed by atoms with Gasteiger partial charge in [0, 0.05) is 30.4 Å². The smallest absolute Gasteiger partial charge is 0.141 e. The standard InChI is InChI=1S/C18H19N3O2/c22-17(14-23-13-15-5-2-1-3-6-15)12-21-10-9-20-18(21)16-7-4-8-19-11-16/h1-11,17,22H,12-14H2. The summed E-state index contributed by atoms with van der Waals surface area (Å²) in [5.74, 6) is 0.792. The second-order valence-electron chi connectivity index (χ2n) is 5.30. The molecule has 0 saturated heterocycles. The maximum Gasteiger partial charge on any atom is 0.141 e. The predicted octanol–water partition coefficient (Wildman–Crippen LogP) is 2.52. The largest absolute Gasteiger partial charge is 0.389 e. The summed E-state index contributed by atoms with van der Waals surface area (Å²) in [6, 6.07) is 13.7. The number of pyridine rings is 1. The van der Waals surface area contributed by atoms with Crippen molar-refractivity contribution >= 4 is 0 Å². The van der Waals surface area contributed by atoms with E-state index in [2.05, 4.69) is 9.97 Å². The lowest BCUT2D eigenvalue weighted by atomic mass is 10.2. The molecule has 0 fully saturated rings. The summed E-state index contributed by atoms with van der Waals surface area (Å²) in [7, 11) is 0. The number of rotatable bonds is 7. The lowest BCUT2D eigenvalue weighted by Gasteiger charge is -2.14. The predicted molar refractivity (Wildman–Crippen MR) is 87.6 cm³/mol. The monoisotopic (exact) mass is 309 g/mol. The number of imidazole rings is 1. The van der Waals surface area contributed by atoms with E-state index in [1.54, 1.807) is 18.6 Å². The van der Waals surface area contributed by atoms with Gasteiger partial charge in [0.05, 0.1) is 25.9 Å². The van der Waals surface area contributed by atoms with Crippen LogP contribution >= 0.6 is 0 Å². The van der Waals surface area contributed by atoms with Crippen LogP contribution in [-0.2, 0) is 17.9 Å². The zero-order valence-corrected chi connectivity index (χ0v) is 12.7. The average molecular weight is 309 g/mol. The average Bonchev–Trinajstić information content (AvgIpc) is 3.05. The third-order valence-electron chi connectivity index (χ3n) is 3.46. The molecule has 0 aliphatic rings. The van der Waals surface area contributed by atoms with E-state index in [-0.39, 0.29) is 6.61 Å². The number of benzene rings is 1.